The molecular formula is C18H25N3O3. The lowest BCUT2D eigenvalue weighted by atomic mass is 10.1. The molecule has 2 aromatic rings. The van der Waals surface area contributed by atoms with Gasteiger partial charge in [0.15, 0.2) is 0 Å². The molecule has 130 valence electrons. The molecule has 0 aliphatic carbocycles. The zero-order valence-corrected chi connectivity index (χ0v) is 14.4. The van der Waals surface area contributed by atoms with Crippen molar-refractivity contribution in [2.75, 3.05) is 11.9 Å². The number of hydrogen-bond donors (Lipinski definition) is 3. The highest BCUT2D eigenvalue weighted by Crippen LogP contribution is 2.13. The van der Waals surface area contributed by atoms with Crippen LogP contribution in [0.25, 0.3) is 0 Å². The first-order chi connectivity index (χ1) is 11.5. The molecule has 0 aliphatic rings. The van der Waals surface area contributed by atoms with Crippen molar-refractivity contribution in [3.8, 4) is 0 Å². The molecule has 6 heteroatoms. The van der Waals surface area contributed by atoms with Gasteiger partial charge in [-0.2, -0.15) is 0 Å². The largest absolute Gasteiger partial charge is 0.444 e. The highest BCUT2D eigenvalue weighted by Gasteiger charge is 2.10. The Bertz CT molecular complexity index is 641. The van der Waals surface area contributed by atoms with E-state index in [2.05, 4.69) is 15.6 Å². The van der Waals surface area contributed by atoms with Gasteiger partial charge in [-0.25, -0.2) is 4.98 Å². The van der Waals surface area contributed by atoms with Crippen LogP contribution in [0.2, 0.25) is 0 Å². The summed E-state index contributed by atoms with van der Waals surface area (Å²) in [5.41, 5.74) is 2.77. The van der Waals surface area contributed by atoms with E-state index in [1.165, 1.54) is 0 Å². The van der Waals surface area contributed by atoms with Gasteiger partial charge in [0.25, 0.3) is 0 Å². The van der Waals surface area contributed by atoms with Crippen LogP contribution >= 0.6 is 0 Å². The topological polar surface area (TPSA) is 87.4 Å². The number of aryl methyl sites for hydroxylation is 2. The van der Waals surface area contributed by atoms with Crippen LogP contribution < -0.4 is 10.6 Å². The Kier molecular flexibility index (Phi) is 6.37. The summed E-state index contributed by atoms with van der Waals surface area (Å²) in [4.78, 5) is 16.2. The zero-order valence-electron chi connectivity index (χ0n) is 14.4. The third kappa shape index (κ3) is 5.09. The molecule has 0 saturated carbocycles. The summed E-state index contributed by atoms with van der Waals surface area (Å²) in [5, 5.41) is 15.2. The molecule has 1 amide bonds. The highest BCUT2D eigenvalue weighted by molar-refractivity contribution is 5.79. The number of amides is 1. The average molecular weight is 331 g/mol. The maximum atomic E-state index is 11.9. The molecule has 0 radical (unpaired) electrons. The molecule has 0 spiro atoms. The van der Waals surface area contributed by atoms with Crippen LogP contribution in [0.1, 0.15) is 36.3 Å². The van der Waals surface area contributed by atoms with Crippen LogP contribution in [0, 0.1) is 13.8 Å². The maximum Gasteiger partial charge on any atom is 0.224 e. The number of aromatic nitrogens is 1. The van der Waals surface area contributed by atoms with Crippen LogP contribution in [0.15, 0.2) is 28.7 Å². The smallest absolute Gasteiger partial charge is 0.224 e. The van der Waals surface area contributed by atoms with E-state index in [4.69, 9.17) is 9.52 Å². The molecule has 0 aliphatic heterocycles. The third-order valence-corrected chi connectivity index (χ3v) is 3.91. The Morgan fingerprint density at radius 2 is 2.00 bits per heavy atom. The van der Waals surface area contributed by atoms with Crippen LogP contribution in [0.5, 0.6) is 0 Å². The van der Waals surface area contributed by atoms with E-state index in [0.717, 1.165) is 22.7 Å². The fraction of sp³-hybridized carbons (Fsp3) is 0.444. The van der Waals surface area contributed by atoms with Crippen molar-refractivity contribution in [2.45, 2.75) is 46.2 Å². The van der Waals surface area contributed by atoms with E-state index in [9.17, 15) is 4.79 Å². The van der Waals surface area contributed by atoms with E-state index in [1.54, 1.807) is 0 Å². The summed E-state index contributed by atoms with van der Waals surface area (Å²) in [6.07, 6.45) is 1.01. The first-order valence-corrected chi connectivity index (χ1v) is 8.17. The van der Waals surface area contributed by atoms with Crippen LogP contribution in [0.3, 0.4) is 0 Å². The van der Waals surface area contributed by atoms with Crippen molar-refractivity contribution >= 4 is 11.6 Å². The minimum atomic E-state index is -0.175. The van der Waals surface area contributed by atoms with Crippen molar-refractivity contribution in [2.24, 2.45) is 0 Å². The maximum absolute atomic E-state index is 11.9. The number of anilines is 1. The predicted molar refractivity (Wildman–Crippen MR) is 92.8 cm³/mol. The predicted octanol–water partition coefficient (Wildman–Crippen LogP) is 2.33. The lowest BCUT2D eigenvalue weighted by Gasteiger charge is -2.14. The van der Waals surface area contributed by atoms with Gasteiger partial charge >= 0.3 is 0 Å². The van der Waals surface area contributed by atoms with E-state index < -0.39 is 0 Å². The lowest BCUT2D eigenvalue weighted by Crippen LogP contribution is -2.37. The van der Waals surface area contributed by atoms with Crippen molar-refractivity contribution < 1.29 is 14.3 Å². The number of benzene rings is 1. The second kappa shape index (κ2) is 8.49. The number of aliphatic hydroxyl groups excluding tert-OH is 1. The molecule has 0 saturated heterocycles. The fourth-order valence-corrected chi connectivity index (χ4v) is 2.27. The number of nitrogens with one attached hydrogen (secondary N) is 2. The summed E-state index contributed by atoms with van der Waals surface area (Å²) in [7, 11) is 0. The van der Waals surface area contributed by atoms with E-state index >= 15 is 0 Å². The number of nitrogens with zero attached hydrogens (tertiary/aromatic N) is 1. The van der Waals surface area contributed by atoms with Gasteiger partial charge in [0, 0.05) is 5.69 Å². The zero-order chi connectivity index (χ0) is 17.5. The first kappa shape index (κ1) is 18.0. The van der Waals surface area contributed by atoms with E-state index in [0.29, 0.717) is 25.3 Å². The SMILES string of the molecule is CCC(CO)NC(=O)Cc1ccc(NCc2nc(C)c(C)o2)cc1. The monoisotopic (exact) mass is 331 g/mol. The molecule has 24 heavy (non-hydrogen) atoms. The van der Waals surface area contributed by atoms with Gasteiger partial charge in [-0.3, -0.25) is 4.79 Å². The van der Waals surface area contributed by atoms with Gasteiger partial charge < -0.3 is 20.2 Å². The van der Waals surface area contributed by atoms with E-state index in [1.807, 2.05) is 45.0 Å². The Morgan fingerprint density at radius 3 is 2.54 bits per heavy atom. The lowest BCUT2D eigenvalue weighted by molar-refractivity contribution is -0.121. The highest BCUT2D eigenvalue weighted by atomic mass is 16.4. The number of hydrogen-bond acceptors (Lipinski definition) is 5. The molecule has 1 atom stereocenters. The third-order valence-electron chi connectivity index (χ3n) is 3.91. The molecule has 0 fully saturated rings. The quantitative estimate of drug-likeness (QED) is 0.691. The summed E-state index contributed by atoms with van der Waals surface area (Å²) in [5.74, 6) is 1.41. The Hall–Kier alpha value is -2.34. The van der Waals surface area contributed by atoms with Crippen molar-refractivity contribution in [3.05, 3.63) is 47.2 Å². The van der Waals surface area contributed by atoms with Gasteiger partial charge in [-0.15, -0.1) is 0 Å². The van der Waals surface area contributed by atoms with Crippen molar-refractivity contribution in [1.29, 1.82) is 0 Å². The Balaban J connectivity index is 1.85. The summed E-state index contributed by atoms with van der Waals surface area (Å²) < 4.78 is 5.52. The first-order valence-electron chi connectivity index (χ1n) is 8.17. The molecule has 1 aromatic carbocycles. The minimum absolute atomic E-state index is 0.0368. The Labute approximate surface area is 142 Å². The summed E-state index contributed by atoms with van der Waals surface area (Å²) in [6, 6.07) is 7.50. The molecule has 0 bridgehead atoms. The Morgan fingerprint density at radius 1 is 1.29 bits per heavy atom. The molecule has 1 unspecified atom stereocenters. The average Bonchev–Trinajstić information content (AvgIpc) is 2.90. The molecule has 1 aromatic heterocycles. The van der Waals surface area contributed by atoms with Crippen LogP contribution in [-0.2, 0) is 17.8 Å². The standard InChI is InChI=1S/C18H25N3O3/c1-4-15(11-22)21-17(23)9-14-5-7-16(8-6-14)19-10-18-20-12(2)13(3)24-18/h5-8,15,19,22H,4,9-11H2,1-3H3,(H,21,23). The molecule has 1 heterocycles. The number of aliphatic hydroxyl groups is 1. The fourth-order valence-electron chi connectivity index (χ4n) is 2.27. The van der Waals surface area contributed by atoms with Gasteiger partial charge in [0.05, 0.1) is 31.3 Å². The molecule has 2 rings (SSSR count). The van der Waals surface area contributed by atoms with Crippen molar-refractivity contribution in [3.63, 3.8) is 0 Å². The van der Waals surface area contributed by atoms with Crippen LogP contribution in [-0.4, -0.2) is 28.6 Å². The second-order valence-electron chi connectivity index (χ2n) is 5.83. The number of oxazole rings is 1. The molecular weight excluding hydrogens is 306 g/mol. The van der Waals surface area contributed by atoms with Gasteiger partial charge in [0.1, 0.15) is 5.76 Å². The van der Waals surface area contributed by atoms with E-state index in [-0.39, 0.29) is 18.6 Å². The minimum Gasteiger partial charge on any atom is -0.444 e. The van der Waals surface area contributed by atoms with Crippen LogP contribution in [0.4, 0.5) is 5.69 Å². The normalized spacial score (nSPS) is 12.0. The van der Waals surface area contributed by atoms with Gasteiger partial charge in [-0.1, -0.05) is 19.1 Å². The number of carbonyl (C=O) groups excluding carboxylic acids is 1. The van der Waals surface area contributed by atoms with Crippen molar-refractivity contribution in [1.82, 2.24) is 10.3 Å². The number of carbonyl (C=O) groups is 1. The second-order valence-corrected chi connectivity index (χ2v) is 5.83. The molecule has 6 nitrogen and oxygen atoms in total. The molecule has 3 N–H and O–H groups in total. The van der Waals surface area contributed by atoms with Gasteiger partial charge in [0.2, 0.25) is 11.8 Å². The summed E-state index contributed by atoms with van der Waals surface area (Å²) >= 11 is 0. The van der Waals surface area contributed by atoms with Gasteiger partial charge in [-0.05, 0) is 38.0 Å². The summed E-state index contributed by atoms with van der Waals surface area (Å²) in [6.45, 7) is 6.22. The number of rotatable bonds is 8.